The lowest BCUT2D eigenvalue weighted by atomic mass is 10.2. The molecule has 0 saturated carbocycles. The molecule has 0 saturated heterocycles. The molecule has 0 aliphatic heterocycles. The monoisotopic (exact) mass is 402 g/mol. The van der Waals surface area contributed by atoms with E-state index in [4.69, 9.17) is 11.6 Å². The first-order valence-corrected chi connectivity index (χ1v) is 9.15. The van der Waals surface area contributed by atoms with E-state index in [2.05, 4.69) is 20.9 Å². The molecule has 8 heteroatoms. The molecule has 5 nitrogen and oxygen atoms in total. The average molecular weight is 404 g/mol. The number of pyridine rings is 1. The lowest BCUT2D eigenvalue weighted by Crippen LogP contribution is -2.26. The van der Waals surface area contributed by atoms with Crippen LogP contribution in [0.5, 0.6) is 0 Å². The maximum absolute atomic E-state index is 12.5. The van der Waals surface area contributed by atoms with Crippen molar-refractivity contribution in [2.75, 3.05) is 18.2 Å². The Labute approximate surface area is 142 Å². The molecule has 116 valence electrons. The molecule has 0 aliphatic rings. The molecule has 0 N–H and O–H groups in total. The van der Waals surface area contributed by atoms with E-state index in [1.165, 1.54) is 23.2 Å². The predicted octanol–water partition coefficient (Wildman–Crippen LogP) is 3.18. The molecule has 1 aromatic heterocycles. The minimum Gasteiger partial charge on any atom is -0.311 e. The fourth-order valence-electron chi connectivity index (χ4n) is 1.79. The summed E-state index contributed by atoms with van der Waals surface area (Å²) in [4.78, 5) is 17.9. The lowest BCUT2D eigenvalue weighted by Gasteiger charge is -2.18. The number of rotatable bonds is 3. The van der Waals surface area contributed by atoms with Crippen LogP contribution in [0.1, 0.15) is 10.4 Å². The Morgan fingerprint density at radius 3 is 2.41 bits per heavy atom. The van der Waals surface area contributed by atoms with Crippen LogP contribution in [-0.4, -0.2) is 32.6 Å². The number of hydrogen-bond acceptors (Lipinski definition) is 4. The summed E-state index contributed by atoms with van der Waals surface area (Å²) in [5, 5.41) is 0.104. The first-order chi connectivity index (χ1) is 10.2. The number of aromatic nitrogens is 1. The molecule has 0 aliphatic carbocycles. The summed E-state index contributed by atoms with van der Waals surface area (Å²) in [5.74, 6) is -0.342. The predicted molar refractivity (Wildman–Crippen MR) is 89.2 cm³/mol. The van der Waals surface area contributed by atoms with Gasteiger partial charge in [-0.3, -0.25) is 4.79 Å². The summed E-state index contributed by atoms with van der Waals surface area (Å²) < 4.78 is 23.5. The number of halogens is 2. The smallest absolute Gasteiger partial charge is 0.261 e. The van der Waals surface area contributed by atoms with Crippen LogP contribution < -0.4 is 4.90 Å². The number of carbonyl (C=O) groups excluding carboxylic acids is 1. The van der Waals surface area contributed by atoms with Gasteiger partial charge in [0.25, 0.3) is 5.91 Å². The van der Waals surface area contributed by atoms with Crippen LogP contribution in [0.2, 0.25) is 5.15 Å². The minimum absolute atomic E-state index is 0.104. The fraction of sp³-hybridized carbons (Fsp3) is 0.143. The van der Waals surface area contributed by atoms with Crippen molar-refractivity contribution in [1.29, 1.82) is 0 Å². The Morgan fingerprint density at radius 1 is 1.27 bits per heavy atom. The Kier molecular flexibility index (Phi) is 4.89. The highest BCUT2D eigenvalue weighted by Gasteiger charge is 2.18. The van der Waals surface area contributed by atoms with E-state index in [1.54, 1.807) is 25.2 Å². The second kappa shape index (κ2) is 6.36. The molecular weight excluding hydrogens is 392 g/mol. The average Bonchev–Trinajstić information content (AvgIpc) is 2.47. The lowest BCUT2D eigenvalue weighted by molar-refractivity contribution is 0.0992. The van der Waals surface area contributed by atoms with Gasteiger partial charge in [0.2, 0.25) is 0 Å². The number of hydrogen-bond donors (Lipinski definition) is 0. The van der Waals surface area contributed by atoms with Crippen LogP contribution in [0.4, 0.5) is 5.69 Å². The van der Waals surface area contributed by atoms with E-state index in [-0.39, 0.29) is 21.5 Å². The van der Waals surface area contributed by atoms with Gasteiger partial charge in [-0.05, 0) is 46.3 Å². The van der Waals surface area contributed by atoms with Crippen molar-refractivity contribution >= 4 is 49.0 Å². The van der Waals surface area contributed by atoms with Crippen LogP contribution in [0.15, 0.2) is 45.9 Å². The fourth-order valence-corrected chi connectivity index (χ4v) is 2.93. The van der Waals surface area contributed by atoms with Gasteiger partial charge in [0.05, 0.1) is 10.5 Å². The number of sulfone groups is 1. The van der Waals surface area contributed by atoms with Gasteiger partial charge in [-0.2, -0.15) is 0 Å². The molecule has 22 heavy (non-hydrogen) atoms. The quantitative estimate of drug-likeness (QED) is 0.738. The van der Waals surface area contributed by atoms with Crippen LogP contribution in [0.25, 0.3) is 0 Å². The van der Waals surface area contributed by atoms with Crippen molar-refractivity contribution in [3.05, 3.63) is 51.7 Å². The highest BCUT2D eigenvalue weighted by molar-refractivity contribution is 9.10. The van der Waals surface area contributed by atoms with Gasteiger partial charge in [0.15, 0.2) is 9.84 Å². The Balaban J connectivity index is 2.33. The molecule has 1 heterocycles. The summed E-state index contributed by atoms with van der Waals surface area (Å²) in [6.45, 7) is 0. The Bertz CT molecular complexity index is 822. The Morgan fingerprint density at radius 2 is 1.86 bits per heavy atom. The zero-order chi connectivity index (χ0) is 16.5. The first kappa shape index (κ1) is 16.9. The van der Waals surface area contributed by atoms with Crippen LogP contribution >= 0.6 is 27.5 Å². The van der Waals surface area contributed by atoms with E-state index in [9.17, 15) is 13.2 Å². The van der Waals surface area contributed by atoms with E-state index in [1.807, 2.05) is 0 Å². The van der Waals surface area contributed by atoms with Gasteiger partial charge >= 0.3 is 0 Å². The number of benzene rings is 1. The zero-order valence-electron chi connectivity index (χ0n) is 11.7. The van der Waals surface area contributed by atoms with Crippen LogP contribution in [0.3, 0.4) is 0 Å². The summed E-state index contributed by atoms with van der Waals surface area (Å²) in [7, 11) is -1.69. The van der Waals surface area contributed by atoms with Crippen LogP contribution in [0, 0.1) is 0 Å². The van der Waals surface area contributed by atoms with Crippen LogP contribution in [-0.2, 0) is 9.84 Å². The number of carbonyl (C=O) groups is 1. The third-order valence-corrected chi connectivity index (χ3v) is 4.86. The number of anilines is 1. The summed E-state index contributed by atoms with van der Waals surface area (Å²) >= 11 is 9.19. The van der Waals surface area contributed by atoms with Crippen molar-refractivity contribution in [3.63, 3.8) is 0 Å². The molecule has 0 atom stereocenters. The van der Waals surface area contributed by atoms with Crippen molar-refractivity contribution in [1.82, 2.24) is 4.98 Å². The SMILES string of the molecule is CN(C(=O)c1cc(Br)cnc1Cl)c1ccc(S(C)(=O)=O)cc1. The van der Waals surface area contributed by atoms with Gasteiger partial charge in [0, 0.05) is 29.7 Å². The first-order valence-electron chi connectivity index (χ1n) is 6.09. The summed E-state index contributed by atoms with van der Waals surface area (Å²) in [5.41, 5.74) is 0.805. The third-order valence-electron chi connectivity index (χ3n) is 2.99. The Hall–Kier alpha value is -1.44. The van der Waals surface area contributed by atoms with E-state index >= 15 is 0 Å². The molecule has 0 unspecified atom stereocenters. The normalized spacial score (nSPS) is 11.3. The molecular formula is C14H12BrClN2O3S. The number of nitrogens with zero attached hydrogens (tertiary/aromatic N) is 2. The molecule has 1 amide bonds. The van der Waals surface area contributed by atoms with E-state index < -0.39 is 9.84 Å². The van der Waals surface area contributed by atoms with Crippen molar-refractivity contribution in [2.45, 2.75) is 4.90 Å². The molecule has 2 aromatic rings. The minimum atomic E-state index is -3.27. The van der Waals surface area contributed by atoms with E-state index in [0.717, 1.165) is 6.26 Å². The second-order valence-corrected chi connectivity index (χ2v) is 7.91. The van der Waals surface area contributed by atoms with Gasteiger partial charge in [-0.15, -0.1) is 0 Å². The molecule has 0 bridgehead atoms. The second-order valence-electron chi connectivity index (χ2n) is 4.62. The van der Waals surface area contributed by atoms with Crippen molar-refractivity contribution < 1.29 is 13.2 Å². The third kappa shape index (κ3) is 3.66. The van der Waals surface area contributed by atoms with Gasteiger partial charge in [-0.1, -0.05) is 11.6 Å². The van der Waals surface area contributed by atoms with E-state index in [0.29, 0.717) is 10.2 Å². The molecule has 1 aromatic carbocycles. The molecule has 0 fully saturated rings. The maximum atomic E-state index is 12.5. The standard InChI is InChI=1S/C14H12BrClN2O3S/c1-18(10-3-5-11(6-4-10)22(2,20)21)14(19)12-7-9(15)8-17-13(12)16/h3-8H,1-2H3. The molecule has 2 rings (SSSR count). The van der Waals surface area contributed by atoms with Crippen molar-refractivity contribution in [3.8, 4) is 0 Å². The van der Waals surface area contributed by atoms with Crippen molar-refractivity contribution in [2.24, 2.45) is 0 Å². The molecule has 0 radical (unpaired) electrons. The summed E-state index contributed by atoms with van der Waals surface area (Å²) in [6.07, 6.45) is 2.63. The highest BCUT2D eigenvalue weighted by Crippen LogP contribution is 2.23. The largest absolute Gasteiger partial charge is 0.311 e. The maximum Gasteiger partial charge on any atom is 0.261 e. The zero-order valence-corrected chi connectivity index (χ0v) is 14.9. The highest BCUT2D eigenvalue weighted by atomic mass is 79.9. The van der Waals surface area contributed by atoms with Gasteiger partial charge < -0.3 is 4.90 Å². The summed E-state index contributed by atoms with van der Waals surface area (Å²) in [6, 6.07) is 7.62. The molecule has 0 spiro atoms. The van der Waals surface area contributed by atoms with Gasteiger partial charge in [-0.25, -0.2) is 13.4 Å². The number of amides is 1. The van der Waals surface area contributed by atoms with Gasteiger partial charge in [0.1, 0.15) is 5.15 Å². The topological polar surface area (TPSA) is 67.3 Å².